The smallest absolute Gasteiger partial charge is 0.224 e. The highest BCUT2D eigenvalue weighted by molar-refractivity contribution is 5.78. The van der Waals surface area contributed by atoms with Crippen LogP contribution in [0.2, 0.25) is 0 Å². The van der Waals surface area contributed by atoms with E-state index in [9.17, 15) is 9.90 Å². The molecule has 2 atom stereocenters. The lowest BCUT2D eigenvalue weighted by molar-refractivity contribution is -0.125. The first kappa shape index (κ1) is 11.5. The molecular weight excluding hydrogens is 180 g/mol. The number of carbonyl (C=O) groups is 1. The fourth-order valence-electron chi connectivity index (χ4n) is 1.58. The maximum absolute atomic E-state index is 11.6. The predicted octanol–water partition coefficient (Wildman–Crippen LogP) is -0.127. The molecule has 1 rings (SSSR count). The third-order valence-corrected chi connectivity index (χ3v) is 2.65. The summed E-state index contributed by atoms with van der Waals surface area (Å²) in [6.07, 6.45) is 2.30. The summed E-state index contributed by atoms with van der Waals surface area (Å²) in [4.78, 5) is 11.6. The summed E-state index contributed by atoms with van der Waals surface area (Å²) >= 11 is 0. The highest BCUT2D eigenvalue weighted by Crippen LogP contribution is 2.09. The Bertz CT molecular complexity index is 179. The number of rotatable bonds is 4. The van der Waals surface area contributed by atoms with Crippen LogP contribution in [-0.4, -0.2) is 36.8 Å². The van der Waals surface area contributed by atoms with E-state index in [1.54, 1.807) is 0 Å². The Morgan fingerprint density at radius 3 is 3.07 bits per heavy atom. The number of amides is 1. The van der Waals surface area contributed by atoms with Crippen molar-refractivity contribution in [3.8, 4) is 0 Å². The standard InChI is InChI=1S/C10H20N2O2/c1-2-9(13)7-12-10(14)8-4-3-5-11-6-8/h8-9,11,13H,2-7H2,1H3,(H,12,14)/t8-,9?/m0/s1. The number of aliphatic hydroxyl groups is 1. The van der Waals surface area contributed by atoms with E-state index in [1.807, 2.05) is 6.92 Å². The van der Waals surface area contributed by atoms with Crippen LogP contribution in [0.25, 0.3) is 0 Å². The highest BCUT2D eigenvalue weighted by atomic mass is 16.3. The molecule has 4 nitrogen and oxygen atoms in total. The van der Waals surface area contributed by atoms with Gasteiger partial charge in [0, 0.05) is 13.1 Å². The zero-order chi connectivity index (χ0) is 10.4. The second kappa shape index (κ2) is 5.98. The van der Waals surface area contributed by atoms with Crippen LogP contribution >= 0.6 is 0 Å². The first-order chi connectivity index (χ1) is 6.74. The molecule has 0 bridgehead atoms. The zero-order valence-corrected chi connectivity index (χ0v) is 8.75. The molecule has 82 valence electrons. The van der Waals surface area contributed by atoms with Gasteiger partial charge in [-0.2, -0.15) is 0 Å². The van der Waals surface area contributed by atoms with Gasteiger partial charge in [0.05, 0.1) is 12.0 Å². The van der Waals surface area contributed by atoms with Crippen LogP contribution in [0.3, 0.4) is 0 Å². The maximum Gasteiger partial charge on any atom is 0.224 e. The molecule has 4 heteroatoms. The van der Waals surface area contributed by atoms with Crippen LogP contribution in [0.15, 0.2) is 0 Å². The van der Waals surface area contributed by atoms with E-state index in [4.69, 9.17) is 0 Å². The van der Waals surface area contributed by atoms with Crippen LogP contribution in [0, 0.1) is 5.92 Å². The molecule has 14 heavy (non-hydrogen) atoms. The lowest BCUT2D eigenvalue weighted by atomic mass is 9.99. The summed E-state index contributed by atoms with van der Waals surface area (Å²) in [5.41, 5.74) is 0. The lowest BCUT2D eigenvalue weighted by Crippen LogP contribution is -2.42. The van der Waals surface area contributed by atoms with E-state index >= 15 is 0 Å². The minimum atomic E-state index is -0.407. The average Bonchev–Trinajstić information content (AvgIpc) is 2.26. The number of hydrogen-bond acceptors (Lipinski definition) is 3. The zero-order valence-electron chi connectivity index (χ0n) is 8.75. The molecule has 3 N–H and O–H groups in total. The minimum absolute atomic E-state index is 0.0738. The van der Waals surface area contributed by atoms with E-state index in [0.29, 0.717) is 13.0 Å². The topological polar surface area (TPSA) is 61.4 Å². The lowest BCUT2D eigenvalue weighted by Gasteiger charge is -2.22. The molecule has 1 unspecified atom stereocenters. The molecule has 1 aliphatic heterocycles. The van der Waals surface area contributed by atoms with Gasteiger partial charge in [-0.25, -0.2) is 0 Å². The molecule has 0 radical (unpaired) electrons. The van der Waals surface area contributed by atoms with Crippen molar-refractivity contribution in [2.75, 3.05) is 19.6 Å². The summed E-state index contributed by atoms with van der Waals surface area (Å²) in [5, 5.41) is 15.2. The quantitative estimate of drug-likeness (QED) is 0.592. The van der Waals surface area contributed by atoms with Gasteiger partial charge in [0.25, 0.3) is 0 Å². The van der Waals surface area contributed by atoms with Crippen LogP contribution in [-0.2, 0) is 4.79 Å². The normalized spacial score (nSPS) is 24.3. The van der Waals surface area contributed by atoms with Crippen LogP contribution < -0.4 is 10.6 Å². The molecule has 1 heterocycles. The molecule has 0 aliphatic carbocycles. The number of aliphatic hydroxyl groups excluding tert-OH is 1. The van der Waals surface area contributed by atoms with Gasteiger partial charge in [-0.05, 0) is 25.8 Å². The van der Waals surface area contributed by atoms with Gasteiger partial charge >= 0.3 is 0 Å². The number of piperidine rings is 1. The van der Waals surface area contributed by atoms with Crippen molar-refractivity contribution in [1.29, 1.82) is 0 Å². The number of nitrogens with one attached hydrogen (secondary N) is 2. The van der Waals surface area contributed by atoms with Crippen molar-refractivity contribution < 1.29 is 9.90 Å². The molecule has 0 aromatic rings. The molecule has 1 aliphatic rings. The van der Waals surface area contributed by atoms with Gasteiger partial charge in [-0.3, -0.25) is 4.79 Å². The first-order valence-corrected chi connectivity index (χ1v) is 5.40. The Morgan fingerprint density at radius 2 is 2.50 bits per heavy atom. The van der Waals surface area contributed by atoms with Crippen molar-refractivity contribution >= 4 is 5.91 Å². The molecule has 1 amide bonds. The SMILES string of the molecule is CCC(O)CNC(=O)[C@H]1CCCNC1. The minimum Gasteiger partial charge on any atom is -0.391 e. The Morgan fingerprint density at radius 1 is 1.71 bits per heavy atom. The Hall–Kier alpha value is -0.610. The second-order valence-electron chi connectivity index (χ2n) is 3.85. The van der Waals surface area contributed by atoms with Gasteiger partial charge < -0.3 is 15.7 Å². The number of carbonyl (C=O) groups excluding carboxylic acids is 1. The van der Waals surface area contributed by atoms with Gasteiger partial charge in [-0.1, -0.05) is 6.92 Å². The van der Waals surface area contributed by atoms with Crippen molar-refractivity contribution in [2.45, 2.75) is 32.3 Å². The van der Waals surface area contributed by atoms with Crippen molar-refractivity contribution in [3.63, 3.8) is 0 Å². The molecule has 1 saturated heterocycles. The molecule has 0 aromatic heterocycles. The Balaban J connectivity index is 2.19. The molecule has 1 fully saturated rings. The average molecular weight is 200 g/mol. The summed E-state index contributed by atoms with van der Waals surface area (Å²) in [6.45, 7) is 4.07. The van der Waals surface area contributed by atoms with E-state index in [2.05, 4.69) is 10.6 Å². The molecule has 0 aromatic carbocycles. The molecule has 0 saturated carbocycles. The maximum atomic E-state index is 11.6. The van der Waals surface area contributed by atoms with Crippen molar-refractivity contribution in [1.82, 2.24) is 10.6 Å². The summed E-state index contributed by atoms with van der Waals surface area (Å²) in [7, 11) is 0. The van der Waals surface area contributed by atoms with Gasteiger partial charge in [0.15, 0.2) is 0 Å². The van der Waals surface area contributed by atoms with Crippen LogP contribution in [0.1, 0.15) is 26.2 Å². The van der Waals surface area contributed by atoms with Gasteiger partial charge in [0.1, 0.15) is 0 Å². The monoisotopic (exact) mass is 200 g/mol. The first-order valence-electron chi connectivity index (χ1n) is 5.40. The largest absolute Gasteiger partial charge is 0.391 e. The van der Waals surface area contributed by atoms with Crippen LogP contribution in [0.4, 0.5) is 0 Å². The predicted molar refractivity (Wildman–Crippen MR) is 54.9 cm³/mol. The number of hydrogen-bond donors (Lipinski definition) is 3. The Kier molecular flexibility index (Phi) is 4.90. The summed E-state index contributed by atoms with van der Waals surface area (Å²) in [5.74, 6) is 0.164. The van der Waals surface area contributed by atoms with E-state index in [0.717, 1.165) is 25.9 Å². The summed E-state index contributed by atoms with van der Waals surface area (Å²) in [6, 6.07) is 0. The molecular formula is C10H20N2O2. The van der Waals surface area contributed by atoms with E-state index < -0.39 is 6.10 Å². The summed E-state index contributed by atoms with van der Waals surface area (Å²) < 4.78 is 0. The molecule has 0 spiro atoms. The third kappa shape index (κ3) is 3.64. The van der Waals surface area contributed by atoms with Gasteiger partial charge in [0.2, 0.25) is 5.91 Å². The van der Waals surface area contributed by atoms with Crippen LogP contribution in [0.5, 0.6) is 0 Å². The second-order valence-corrected chi connectivity index (χ2v) is 3.85. The van der Waals surface area contributed by atoms with Gasteiger partial charge in [-0.15, -0.1) is 0 Å². The fourth-order valence-corrected chi connectivity index (χ4v) is 1.58. The fraction of sp³-hybridized carbons (Fsp3) is 0.900. The van der Waals surface area contributed by atoms with Crippen molar-refractivity contribution in [2.24, 2.45) is 5.92 Å². The van der Waals surface area contributed by atoms with E-state index in [1.165, 1.54) is 0 Å². The highest BCUT2D eigenvalue weighted by Gasteiger charge is 2.20. The third-order valence-electron chi connectivity index (χ3n) is 2.65. The van der Waals surface area contributed by atoms with Crippen molar-refractivity contribution in [3.05, 3.63) is 0 Å². The van der Waals surface area contributed by atoms with E-state index in [-0.39, 0.29) is 11.8 Å². The Labute approximate surface area is 85.1 Å².